The zero-order chi connectivity index (χ0) is 12.1. The Morgan fingerprint density at radius 2 is 2.06 bits per heavy atom. The summed E-state index contributed by atoms with van der Waals surface area (Å²) in [7, 11) is 0. The molecule has 98 valence electrons. The number of likely N-dealkylation sites (tertiary alicyclic amines) is 1. The summed E-state index contributed by atoms with van der Waals surface area (Å²) in [5.74, 6) is 0.313. The monoisotopic (exact) mass is 239 g/mol. The predicted octanol–water partition coefficient (Wildman–Crippen LogP) is 1.03. The third-order valence-corrected chi connectivity index (χ3v) is 3.82. The number of carbonyl (C=O) groups is 1. The topological polar surface area (TPSA) is 35.6 Å². The van der Waals surface area contributed by atoms with Crippen LogP contribution in [0.5, 0.6) is 0 Å². The first-order valence-corrected chi connectivity index (χ1v) is 7.06. The van der Waals surface area contributed by atoms with Gasteiger partial charge in [-0.3, -0.25) is 10.1 Å². The van der Waals surface area contributed by atoms with Crippen LogP contribution in [0, 0.1) is 0 Å². The maximum Gasteiger partial charge on any atom is 0.240 e. The van der Waals surface area contributed by atoms with E-state index in [2.05, 4.69) is 17.1 Å². The van der Waals surface area contributed by atoms with E-state index in [1.54, 1.807) is 0 Å². The van der Waals surface area contributed by atoms with Crippen molar-refractivity contribution >= 4 is 5.91 Å². The van der Waals surface area contributed by atoms with Gasteiger partial charge in [0.2, 0.25) is 5.91 Å². The normalized spacial score (nSPS) is 26.1. The second-order valence-corrected chi connectivity index (χ2v) is 5.21. The van der Waals surface area contributed by atoms with Crippen LogP contribution in [0.3, 0.4) is 0 Å². The van der Waals surface area contributed by atoms with Crippen LogP contribution >= 0.6 is 0 Å². The highest BCUT2D eigenvalue weighted by Gasteiger charge is 2.29. The number of nitrogens with one attached hydrogen (secondary N) is 1. The molecule has 2 heterocycles. The first-order chi connectivity index (χ1) is 8.31. The lowest BCUT2D eigenvalue weighted by Gasteiger charge is -2.18. The lowest BCUT2D eigenvalue weighted by Crippen LogP contribution is -2.32. The van der Waals surface area contributed by atoms with Gasteiger partial charge < -0.3 is 9.80 Å². The summed E-state index contributed by atoms with van der Waals surface area (Å²) in [6, 6.07) is 0.0896. The van der Waals surface area contributed by atoms with Gasteiger partial charge in [0.05, 0.1) is 12.7 Å². The van der Waals surface area contributed by atoms with Crippen molar-refractivity contribution in [3.8, 4) is 0 Å². The third-order valence-electron chi connectivity index (χ3n) is 3.82. The molecule has 2 fully saturated rings. The molecule has 0 radical (unpaired) electrons. The van der Waals surface area contributed by atoms with Crippen LogP contribution in [0.2, 0.25) is 0 Å². The van der Waals surface area contributed by atoms with Crippen molar-refractivity contribution in [2.75, 3.05) is 32.8 Å². The van der Waals surface area contributed by atoms with E-state index >= 15 is 0 Å². The van der Waals surface area contributed by atoms with E-state index < -0.39 is 0 Å². The molecule has 1 N–H and O–H groups in total. The van der Waals surface area contributed by atoms with Gasteiger partial charge in [0.1, 0.15) is 0 Å². The Labute approximate surface area is 104 Å². The first kappa shape index (κ1) is 12.8. The Bertz CT molecular complexity index is 251. The van der Waals surface area contributed by atoms with E-state index in [-0.39, 0.29) is 6.04 Å². The molecular weight excluding hydrogens is 214 g/mol. The van der Waals surface area contributed by atoms with Crippen molar-refractivity contribution in [2.24, 2.45) is 0 Å². The summed E-state index contributed by atoms with van der Waals surface area (Å²) in [5, 5.41) is 3.30. The van der Waals surface area contributed by atoms with E-state index in [1.807, 2.05) is 4.90 Å². The van der Waals surface area contributed by atoms with E-state index in [1.165, 1.54) is 25.9 Å². The molecule has 2 aliphatic heterocycles. The molecule has 0 spiro atoms. The Kier molecular flexibility index (Phi) is 4.80. The van der Waals surface area contributed by atoms with Crippen LogP contribution < -0.4 is 5.32 Å². The highest BCUT2D eigenvalue weighted by molar-refractivity contribution is 5.83. The maximum atomic E-state index is 12.0. The average molecular weight is 239 g/mol. The highest BCUT2D eigenvalue weighted by atomic mass is 16.2. The third kappa shape index (κ3) is 3.42. The molecule has 4 nitrogen and oxygen atoms in total. The Hall–Kier alpha value is -0.610. The fourth-order valence-electron chi connectivity index (χ4n) is 2.80. The molecule has 0 aliphatic carbocycles. The van der Waals surface area contributed by atoms with Crippen LogP contribution in [0.15, 0.2) is 0 Å². The molecule has 1 atom stereocenters. The smallest absolute Gasteiger partial charge is 0.240 e. The van der Waals surface area contributed by atoms with Crippen molar-refractivity contribution in [2.45, 2.75) is 45.1 Å². The van der Waals surface area contributed by atoms with Gasteiger partial charge in [-0.15, -0.1) is 0 Å². The number of amides is 1. The summed E-state index contributed by atoms with van der Waals surface area (Å²) in [6.07, 6.45) is 5.87. The van der Waals surface area contributed by atoms with E-state index in [4.69, 9.17) is 0 Å². The molecule has 2 saturated heterocycles. The molecule has 0 aromatic heterocycles. The van der Waals surface area contributed by atoms with Crippen molar-refractivity contribution < 1.29 is 4.79 Å². The van der Waals surface area contributed by atoms with Gasteiger partial charge in [-0.1, -0.05) is 13.3 Å². The van der Waals surface area contributed by atoms with Crippen molar-refractivity contribution in [3.63, 3.8) is 0 Å². The Balaban J connectivity index is 1.64. The molecular formula is C13H25N3O. The summed E-state index contributed by atoms with van der Waals surface area (Å²) in [6.45, 7) is 7.47. The number of carbonyl (C=O) groups excluding carboxylic acids is 1. The summed E-state index contributed by atoms with van der Waals surface area (Å²) in [5.41, 5.74) is 0. The van der Waals surface area contributed by atoms with Crippen molar-refractivity contribution in [1.82, 2.24) is 15.1 Å². The van der Waals surface area contributed by atoms with Gasteiger partial charge in [-0.05, 0) is 45.3 Å². The van der Waals surface area contributed by atoms with E-state index in [0.717, 1.165) is 39.0 Å². The van der Waals surface area contributed by atoms with Gasteiger partial charge >= 0.3 is 0 Å². The fourth-order valence-corrected chi connectivity index (χ4v) is 2.80. The Morgan fingerprint density at radius 3 is 2.76 bits per heavy atom. The summed E-state index contributed by atoms with van der Waals surface area (Å²) in [4.78, 5) is 16.5. The molecule has 0 bridgehead atoms. The second-order valence-electron chi connectivity index (χ2n) is 5.21. The minimum absolute atomic E-state index is 0.0896. The molecule has 0 saturated carbocycles. The van der Waals surface area contributed by atoms with Crippen LogP contribution in [-0.2, 0) is 4.79 Å². The minimum atomic E-state index is 0.0896. The maximum absolute atomic E-state index is 12.0. The molecule has 0 aromatic rings. The van der Waals surface area contributed by atoms with E-state index in [9.17, 15) is 4.79 Å². The minimum Gasteiger partial charge on any atom is -0.329 e. The standard InChI is InChI=1S/C13H25N3O/c1-2-6-12-13(17)16(11-14-12)10-5-9-15-7-3-4-8-15/h12,14H,2-11H2,1H3. The molecule has 1 amide bonds. The second kappa shape index (κ2) is 6.36. The van der Waals surface area contributed by atoms with Gasteiger partial charge in [0.25, 0.3) is 0 Å². The SMILES string of the molecule is CCCC1NCN(CCCN2CCCC2)C1=O. The van der Waals surface area contributed by atoms with Crippen molar-refractivity contribution in [1.29, 1.82) is 0 Å². The first-order valence-electron chi connectivity index (χ1n) is 7.06. The van der Waals surface area contributed by atoms with Gasteiger partial charge in [-0.2, -0.15) is 0 Å². The average Bonchev–Trinajstić information content (AvgIpc) is 2.94. The lowest BCUT2D eigenvalue weighted by molar-refractivity contribution is -0.129. The van der Waals surface area contributed by atoms with Gasteiger partial charge in [0, 0.05) is 6.54 Å². The number of nitrogens with zero attached hydrogens (tertiary/aromatic N) is 2. The predicted molar refractivity (Wildman–Crippen MR) is 68.7 cm³/mol. The van der Waals surface area contributed by atoms with Crippen molar-refractivity contribution in [3.05, 3.63) is 0 Å². The van der Waals surface area contributed by atoms with Gasteiger partial charge in [-0.25, -0.2) is 0 Å². The largest absolute Gasteiger partial charge is 0.329 e. The summed E-state index contributed by atoms with van der Waals surface area (Å²) < 4.78 is 0. The number of rotatable bonds is 6. The van der Waals surface area contributed by atoms with Crippen LogP contribution in [0.1, 0.15) is 39.0 Å². The Morgan fingerprint density at radius 1 is 1.29 bits per heavy atom. The fraction of sp³-hybridized carbons (Fsp3) is 0.923. The molecule has 17 heavy (non-hydrogen) atoms. The molecule has 2 aliphatic rings. The number of hydrogen-bond donors (Lipinski definition) is 1. The summed E-state index contributed by atoms with van der Waals surface area (Å²) >= 11 is 0. The zero-order valence-corrected chi connectivity index (χ0v) is 11.0. The number of hydrogen-bond acceptors (Lipinski definition) is 3. The van der Waals surface area contributed by atoms with E-state index in [0.29, 0.717) is 5.91 Å². The molecule has 1 unspecified atom stereocenters. The van der Waals surface area contributed by atoms with Crippen LogP contribution in [0.25, 0.3) is 0 Å². The molecule has 2 rings (SSSR count). The molecule has 0 aromatic carbocycles. The van der Waals surface area contributed by atoms with Crippen LogP contribution in [-0.4, -0.2) is 54.6 Å². The highest BCUT2D eigenvalue weighted by Crippen LogP contribution is 2.11. The quantitative estimate of drug-likeness (QED) is 0.752. The van der Waals surface area contributed by atoms with Crippen LogP contribution in [0.4, 0.5) is 0 Å². The van der Waals surface area contributed by atoms with Gasteiger partial charge in [0.15, 0.2) is 0 Å². The zero-order valence-electron chi connectivity index (χ0n) is 11.0. The lowest BCUT2D eigenvalue weighted by atomic mass is 10.1. The molecule has 4 heteroatoms.